The second-order valence-electron chi connectivity index (χ2n) is 6.67. The lowest BCUT2D eigenvalue weighted by molar-refractivity contribution is 0.303. The predicted octanol–water partition coefficient (Wildman–Crippen LogP) is 1.80. The van der Waals surface area contributed by atoms with E-state index in [2.05, 4.69) is 32.1 Å². The van der Waals surface area contributed by atoms with Crippen molar-refractivity contribution in [3.63, 3.8) is 0 Å². The summed E-state index contributed by atoms with van der Waals surface area (Å²) in [5, 5.41) is 13.6. The lowest BCUT2D eigenvalue weighted by atomic mass is 10.2. The van der Waals surface area contributed by atoms with Crippen molar-refractivity contribution in [3.8, 4) is 5.75 Å². The number of aliphatic imine (C=N–C) groups is 1. The van der Waals surface area contributed by atoms with Crippen molar-refractivity contribution >= 4 is 35.6 Å². The van der Waals surface area contributed by atoms with Gasteiger partial charge < -0.3 is 25.1 Å². The third-order valence-corrected chi connectivity index (χ3v) is 5.18. The van der Waals surface area contributed by atoms with Crippen LogP contribution in [0.25, 0.3) is 0 Å². The van der Waals surface area contributed by atoms with Gasteiger partial charge in [0.15, 0.2) is 5.96 Å². The number of nitrogens with zero attached hydrogens (tertiary/aromatic N) is 4. The molecule has 0 aliphatic carbocycles. The maximum Gasteiger partial charge on any atom is 0.193 e. The van der Waals surface area contributed by atoms with Crippen molar-refractivity contribution in [2.45, 2.75) is 18.9 Å². The number of nitrogens with one attached hydrogen (secondary N) is 1. The molecule has 2 fully saturated rings. The van der Waals surface area contributed by atoms with Gasteiger partial charge in [-0.2, -0.15) is 0 Å². The summed E-state index contributed by atoms with van der Waals surface area (Å²) in [7, 11) is 4.06. The molecule has 1 aromatic rings. The highest BCUT2D eigenvalue weighted by atomic mass is 127. The summed E-state index contributed by atoms with van der Waals surface area (Å²) in [5.74, 6) is 1.35. The lowest BCUT2D eigenvalue weighted by Crippen LogP contribution is -2.54. The summed E-state index contributed by atoms with van der Waals surface area (Å²) in [6.07, 6.45) is 2.56. The van der Waals surface area contributed by atoms with Gasteiger partial charge in [0.05, 0.1) is 5.69 Å². The number of benzene rings is 1. The minimum Gasteiger partial charge on any atom is -0.506 e. The van der Waals surface area contributed by atoms with E-state index in [1.165, 1.54) is 19.4 Å². The van der Waals surface area contributed by atoms with Crippen LogP contribution in [-0.4, -0.2) is 80.3 Å². The molecule has 2 saturated heterocycles. The molecular weight excluding hydrogens is 429 g/mol. The fraction of sp³-hybridized carbons (Fsp3) is 0.611. The Hall–Kier alpha value is -1.22. The van der Waals surface area contributed by atoms with Gasteiger partial charge in [0.1, 0.15) is 5.75 Å². The number of anilines is 1. The number of piperazine rings is 1. The molecule has 6 nitrogen and oxygen atoms in total. The first-order valence-corrected chi connectivity index (χ1v) is 8.88. The Kier molecular flexibility index (Phi) is 7.61. The monoisotopic (exact) mass is 459 g/mol. The van der Waals surface area contributed by atoms with Crippen LogP contribution in [0, 0.1) is 0 Å². The van der Waals surface area contributed by atoms with Crippen molar-refractivity contribution in [1.29, 1.82) is 0 Å². The second kappa shape index (κ2) is 9.47. The Morgan fingerprint density at radius 1 is 1.20 bits per heavy atom. The molecule has 0 radical (unpaired) electrons. The van der Waals surface area contributed by atoms with Gasteiger partial charge in [-0.15, -0.1) is 24.0 Å². The molecule has 0 amide bonds. The quantitative estimate of drug-likeness (QED) is 0.410. The van der Waals surface area contributed by atoms with Crippen LogP contribution in [0.1, 0.15) is 12.8 Å². The molecule has 0 aromatic heterocycles. The molecular formula is C18H30IN5O. The summed E-state index contributed by atoms with van der Waals surface area (Å²) in [4.78, 5) is 11.4. The third kappa shape index (κ3) is 4.91. The maximum absolute atomic E-state index is 10.0. The Balaban J connectivity index is 0.00000225. The van der Waals surface area contributed by atoms with Crippen LogP contribution in [0.2, 0.25) is 0 Å². The molecule has 2 heterocycles. The number of hydrogen-bond acceptors (Lipinski definition) is 4. The first-order valence-electron chi connectivity index (χ1n) is 8.88. The van der Waals surface area contributed by atoms with Gasteiger partial charge in [0.2, 0.25) is 0 Å². The highest BCUT2D eigenvalue weighted by molar-refractivity contribution is 14.0. The first-order chi connectivity index (χ1) is 11.7. The Morgan fingerprint density at radius 2 is 1.92 bits per heavy atom. The molecule has 0 bridgehead atoms. The Labute approximate surface area is 167 Å². The molecule has 2 aliphatic rings. The maximum atomic E-state index is 10.0. The molecule has 3 rings (SSSR count). The SMILES string of the molecule is CN=C(NCC1CCCN1C)N1CCN(c2ccccc2O)CC1.I. The average molecular weight is 459 g/mol. The van der Waals surface area contributed by atoms with E-state index in [1.807, 2.05) is 25.2 Å². The predicted molar refractivity (Wildman–Crippen MR) is 114 cm³/mol. The molecule has 2 aliphatic heterocycles. The standard InChI is InChI=1S/C18H29N5O.HI/c1-19-18(20-14-15-6-5-9-21(15)2)23-12-10-22(11-13-23)16-7-3-4-8-17(16)24;/h3-4,7-8,15,24H,5-6,9-14H2,1-2H3,(H,19,20);1H. The smallest absolute Gasteiger partial charge is 0.193 e. The van der Waals surface area contributed by atoms with E-state index in [4.69, 9.17) is 0 Å². The molecule has 7 heteroatoms. The number of halogens is 1. The lowest BCUT2D eigenvalue weighted by Gasteiger charge is -2.38. The number of guanidine groups is 1. The summed E-state index contributed by atoms with van der Waals surface area (Å²) in [5.41, 5.74) is 0.924. The van der Waals surface area contributed by atoms with Crippen molar-refractivity contribution in [3.05, 3.63) is 24.3 Å². The van der Waals surface area contributed by atoms with Gasteiger partial charge in [-0.25, -0.2) is 0 Å². The Bertz CT molecular complexity index is 574. The number of aromatic hydroxyl groups is 1. The first kappa shape index (κ1) is 20.1. The van der Waals surface area contributed by atoms with Gasteiger partial charge in [-0.05, 0) is 38.6 Å². The summed E-state index contributed by atoms with van der Waals surface area (Å²) >= 11 is 0. The van der Waals surface area contributed by atoms with Crippen LogP contribution in [0.3, 0.4) is 0 Å². The molecule has 140 valence electrons. The minimum atomic E-state index is 0. The van der Waals surface area contributed by atoms with Crippen LogP contribution in [-0.2, 0) is 0 Å². The van der Waals surface area contributed by atoms with E-state index in [9.17, 15) is 5.11 Å². The van der Waals surface area contributed by atoms with E-state index in [0.717, 1.165) is 44.4 Å². The van der Waals surface area contributed by atoms with E-state index < -0.39 is 0 Å². The van der Waals surface area contributed by atoms with Crippen LogP contribution in [0.4, 0.5) is 5.69 Å². The minimum absolute atomic E-state index is 0. The highest BCUT2D eigenvalue weighted by Gasteiger charge is 2.24. The fourth-order valence-electron chi connectivity index (χ4n) is 3.67. The molecule has 2 N–H and O–H groups in total. The van der Waals surface area contributed by atoms with Crippen molar-refractivity contribution < 1.29 is 5.11 Å². The number of hydrogen-bond donors (Lipinski definition) is 2. The molecule has 1 atom stereocenters. The summed E-state index contributed by atoms with van der Waals surface area (Å²) in [6, 6.07) is 8.18. The molecule has 0 spiro atoms. The zero-order valence-electron chi connectivity index (χ0n) is 15.2. The molecule has 1 unspecified atom stereocenters. The fourth-order valence-corrected chi connectivity index (χ4v) is 3.67. The van der Waals surface area contributed by atoms with Gasteiger partial charge >= 0.3 is 0 Å². The highest BCUT2D eigenvalue weighted by Crippen LogP contribution is 2.27. The number of phenolic OH excluding ortho intramolecular Hbond substituents is 1. The zero-order valence-corrected chi connectivity index (χ0v) is 17.5. The van der Waals surface area contributed by atoms with Gasteiger partial charge in [-0.1, -0.05) is 12.1 Å². The normalized spacial score (nSPS) is 22.0. The van der Waals surface area contributed by atoms with E-state index in [1.54, 1.807) is 6.07 Å². The molecule has 0 saturated carbocycles. The summed E-state index contributed by atoms with van der Waals surface area (Å²) < 4.78 is 0. The van der Waals surface area contributed by atoms with Crippen molar-refractivity contribution in [1.82, 2.24) is 15.1 Å². The zero-order chi connectivity index (χ0) is 16.9. The van der Waals surface area contributed by atoms with E-state index in [-0.39, 0.29) is 24.0 Å². The largest absolute Gasteiger partial charge is 0.506 e. The Morgan fingerprint density at radius 3 is 2.52 bits per heavy atom. The van der Waals surface area contributed by atoms with Gasteiger partial charge in [0, 0.05) is 45.8 Å². The summed E-state index contributed by atoms with van der Waals surface area (Å²) in [6.45, 7) is 5.76. The van der Waals surface area contributed by atoms with Gasteiger partial charge in [-0.3, -0.25) is 4.99 Å². The molecule has 1 aromatic carbocycles. The second-order valence-corrected chi connectivity index (χ2v) is 6.67. The average Bonchev–Trinajstić information content (AvgIpc) is 3.02. The number of para-hydroxylation sites is 2. The third-order valence-electron chi connectivity index (χ3n) is 5.18. The van der Waals surface area contributed by atoms with E-state index in [0.29, 0.717) is 11.8 Å². The van der Waals surface area contributed by atoms with Crippen molar-refractivity contribution in [2.24, 2.45) is 4.99 Å². The topological polar surface area (TPSA) is 54.3 Å². The van der Waals surface area contributed by atoms with Crippen molar-refractivity contribution in [2.75, 3.05) is 58.3 Å². The van der Waals surface area contributed by atoms with Crippen LogP contribution in [0.15, 0.2) is 29.3 Å². The number of rotatable bonds is 3. The molecule has 25 heavy (non-hydrogen) atoms. The van der Waals surface area contributed by atoms with Gasteiger partial charge in [0.25, 0.3) is 0 Å². The van der Waals surface area contributed by atoms with Crippen LogP contribution >= 0.6 is 24.0 Å². The number of phenols is 1. The van der Waals surface area contributed by atoms with Crippen LogP contribution < -0.4 is 10.2 Å². The number of likely N-dealkylation sites (N-methyl/N-ethyl adjacent to an activating group) is 1. The van der Waals surface area contributed by atoms with Crippen LogP contribution in [0.5, 0.6) is 5.75 Å². The number of likely N-dealkylation sites (tertiary alicyclic amines) is 1. The van der Waals surface area contributed by atoms with E-state index >= 15 is 0 Å².